The lowest BCUT2D eigenvalue weighted by molar-refractivity contribution is -0.156. The van der Waals surface area contributed by atoms with E-state index in [1.807, 2.05) is 0 Å². The van der Waals surface area contributed by atoms with Gasteiger partial charge < -0.3 is 15.2 Å². The molecule has 1 aromatic carbocycles. The van der Waals surface area contributed by atoms with Crippen LogP contribution in [0.5, 0.6) is 5.75 Å². The first-order valence-corrected chi connectivity index (χ1v) is 5.45. The maximum Gasteiger partial charge on any atom is 0.321 e. The number of amides is 1. The van der Waals surface area contributed by atoms with Crippen molar-refractivity contribution >= 4 is 11.9 Å². The Balaban J connectivity index is 2.96. The van der Waals surface area contributed by atoms with Crippen molar-refractivity contribution in [3.63, 3.8) is 0 Å². The molecule has 0 radical (unpaired) electrons. The molecule has 0 aliphatic heterocycles. The zero-order valence-electron chi connectivity index (χ0n) is 10.7. The molecule has 1 atom stereocenters. The number of benzene rings is 1. The fourth-order valence-electron chi connectivity index (χ4n) is 1.64. The standard InChI is InChI=1S/C13H17NO4/c1-13(11(14)15,12(16)18-3)8-9-4-6-10(17-2)7-5-9/h4-7H,8H2,1-3H3,(H2,14,15). The monoisotopic (exact) mass is 251 g/mol. The molecule has 1 unspecified atom stereocenters. The maximum absolute atomic E-state index is 11.7. The molecule has 0 aliphatic rings. The van der Waals surface area contributed by atoms with Crippen molar-refractivity contribution in [2.45, 2.75) is 13.3 Å². The highest BCUT2D eigenvalue weighted by Gasteiger charge is 2.40. The Morgan fingerprint density at radius 3 is 2.17 bits per heavy atom. The zero-order chi connectivity index (χ0) is 13.8. The summed E-state index contributed by atoms with van der Waals surface area (Å²) in [6, 6.07) is 7.08. The van der Waals surface area contributed by atoms with E-state index in [0.29, 0.717) is 5.75 Å². The van der Waals surface area contributed by atoms with E-state index >= 15 is 0 Å². The minimum Gasteiger partial charge on any atom is -0.497 e. The molecule has 0 spiro atoms. The molecule has 5 heteroatoms. The van der Waals surface area contributed by atoms with Gasteiger partial charge in [-0.25, -0.2) is 0 Å². The summed E-state index contributed by atoms with van der Waals surface area (Å²) in [5, 5.41) is 0. The van der Waals surface area contributed by atoms with Crippen LogP contribution in [0.2, 0.25) is 0 Å². The Hall–Kier alpha value is -2.04. The summed E-state index contributed by atoms with van der Waals surface area (Å²) in [5.74, 6) is -0.631. The Morgan fingerprint density at radius 1 is 1.22 bits per heavy atom. The summed E-state index contributed by atoms with van der Waals surface area (Å²) in [7, 11) is 2.80. The molecule has 0 fully saturated rings. The number of carbonyl (C=O) groups is 2. The number of hydrogen-bond acceptors (Lipinski definition) is 4. The van der Waals surface area contributed by atoms with Gasteiger partial charge in [-0.1, -0.05) is 12.1 Å². The second-order valence-corrected chi connectivity index (χ2v) is 4.21. The van der Waals surface area contributed by atoms with Crippen LogP contribution in [0.15, 0.2) is 24.3 Å². The highest BCUT2D eigenvalue weighted by atomic mass is 16.5. The van der Waals surface area contributed by atoms with E-state index in [4.69, 9.17) is 10.5 Å². The van der Waals surface area contributed by atoms with Crippen LogP contribution in [0.1, 0.15) is 12.5 Å². The SMILES string of the molecule is COC(=O)C(C)(Cc1ccc(OC)cc1)C(N)=O. The third kappa shape index (κ3) is 2.80. The van der Waals surface area contributed by atoms with Crippen LogP contribution in [0.4, 0.5) is 0 Å². The molecule has 1 aromatic rings. The average Bonchev–Trinajstić information content (AvgIpc) is 2.38. The van der Waals surface area contributed by atoms with E-state index in [1.54, 1.807) is 31.4 Å². The number of methoxy groups -OCH3 is 2. The molecular weight excluding hydrogens is 234 g/mol. The van der Waals surface area contributed by atoms with E-state index in [0.717, 1.165) is 5.56 Å². The van der Waals surface area contributed by atoms with Crippen molar-refractivity contribution in [2.24, 2.45) is 11.1 Å². The van der Waals surface area contributed by atoms with E-state index < -0.39 is 17.3 Å². The number of hydrogen-bond donors (Lipinski definition) is 1. The maximum atomic E-state index is 11.7. The lowest BCUT2D eigenvalue weighted by Gasteiger charge is -2.22. The third-order valence-corrected chi connectivity index (χ3v) is 2.90. The Kier molecular flexibility index (Phi) is 4.31. The second kappa shape index (κ2) is 5.53. The topological polar surface area (TPSA) is 78.6 Å². The van der Waals surface area contributed by atoms with Gasteiger partial charge in [0.25, 0.3) is 0 Å². The fourth-order valence-corrected chi connectivity index (χ4v) is 1.64. The van der Waals surface area contributed by atoms with E-state index in [2.05, 4.69) is 4.74 Å². The molecule has 5 nitrogen and oxygen atoms in total. The highest BCUT2D eigenvalue weighted by Crippen LogP contribution is 2.25. The first kappa shape index (κ1) is 14.0. The van der Waals surface area contributed by atoms with Gasteiger partial charge in [0.15, 0.2) is 0 Å². The van der Waals surface area contributed by atoms with Crippen LogP contribution >= 0.6 is 0 Å². The summed E-state index contributed by atoms with van der Waals surface area (Å²) in [4.78, 5) is 23.1. The van der Waals surface area contributed by atoms with Gasteiger partial charge in [0, 0.05) is 0 Å². The number of primary amides is 1. The summed E-state index contributed by atoms with van der Waals surface area (Å²) >= 11 is 0. The summed E-state index contributed by atoms with van der Waals surface area (Å²) in [6.45, 7) is 1.48. The van der Waals surface area contributed by atoms with Crippen LogP contribution in [0, 0.1) is 5.41 Å². The second-order valence-electron chi connectivity index (χ2n) is 4.21. The van der Waals surface area contributed by atoms with Gasteiger partial charge in [0.05, 0.1) is 14.2 Å². The number of esters is 1. The molecular formula is C13H17NO4. The molecule has 0 saturated heterocycles. The Bertz CT molecular complexity index is 441. The normalized spacial score (nSPS) is 13.5. The minimum absolute atomic E-state index is 0.193. The molecule has 1 rings (SSSR count). The molecule has 0 saturated carbocycles. The van der Waals surface area contributed by atoms with Crippen LogP contribution in [0.25, 0.3) is 0 Å². The van der Waals surface area contributed by atoms with Crippen molar-refractivity contribution in [1.29, 1.82) is 0 Å². The van der Waals surface area contributed by atoms with E-state index in [9.17, 15) is 9.59 Å². The van der Waals surface area contributed by atoms with Crippen molar-refractivity contribution in [3.8, 4) is 5.75 Å². The fraction of sp³-hybridized carbons (Fsp3) is 0.385. The number of carbonyl (C=O) groups excluding carboxylic acids is 2. The third-order valence-electron chi connectivity index (χ3n) is 2.90. The Morgan fingerprint density at radius 2 is 1.78 bits per heavy atom. The largest absolute Gasteiger partial charge is 0.497 e. The predicted molar refractivity (Wildman–Crippen MR) is 66.0 cm³/mol. The Labute approximate surface area is 106 Å². The molecule has 18 heavy (non-hydrogen) atoms. The van der Waals surface area contributed by atoms with Gasteiger partial charge in [0.1, 0.15) is 11.2 Å². The van der Waals surface area contributed by atoms with Crippen LogP contribution in [-0.2, 0) is 20.7 Å². The zero-order valence-corrected chi connectivity index (χ0v) is 10.7. The molecule has 2 N–H and O–H groups in total. The van der Waals surface area contributed by atoms with Crippen molar-refractivity contribution < 1.29 is 19.1 Å². The van der Waals surface area contributed by atoms with Gasteiger partial charge in [0.2, 0.25) is 5.91 Å². The molecule has 0 aliphatic carbocycles. The molecule has 0 heterocycles. The van der Waals surface area contributed by atoms with Gasteiger partial charge in [-0.05, 0) is 31.0 Å². The number of rotatable bonds is 5. The first-order valence-electron chi connectivity index (χ1n) is 5.45. The van der Waals surface area contributed by atoms with Gasteiger partial charge in [-0.3, -0.25) is 9.59 Å². The van der Waals surface area contributed by atoms with E-state index in [-0.39, 0.29) is 6.42 Å². The smallest absolute Gasteiger partial charge is 0.321 e. The number of ether oxygens (including phenoxy) is 2. The molecule has 0 bridgehead atoms. The first-order chi connectivity index (χ1) is 8.43. The van der Waals surface area contributed by atoms with Crippen molar-refractivity contribution in [2.75, 3.05) is 14.2 Å². The van der Waals surface area contributed by atoms with Gasteiger partial charge in [-0.2, -0.15) is 0 Å². The molecule has 1 amide bonds. The van der Waals surface area contributed by atoms with Gasteiger partial charge >= 0.3 is 5.97 Å². The molecule has 98 valence electrons. The van der Waals surface area contributed by atoms with Crippen LogP contribution < -0.4 is 10.5 Å². The van der Waals surface area contributed by atoms with Crippen molar-refractivity contribution in [3.05, 3.63) is 29.8 Å². The average molecular weight is 251 g/mol. The number of nitrogens with two attached hydrogens (primary N) is 1. The minimum atomic E-state index is -1.36. The predicted octanol–water partition coefficient (Wildman–Crippen LogP) is 0.902. The highest BCUT2D eigenvalue weighted by molar-refractivity contribution is 6.01. The lowest BCUT2D eigenvalue weighted by Crippen LogP contribution is -2.43. The lowest BCUT2D eigenvalue weighted by atomic mass is 9.83. The summed E-state index contributed by atoms with van der Waals surface area (Å²) < 4.78 is 9.66. The summed E-state index contributed by atoms with van der Waals surface area (Å²) in [6.07, 6.45) is 0.193. The van der Waals surface area contributed by atoms with Crippen molar-refractivity contribution in [1.82, 2.24) is 0 Å². The quantitative estimate of drug-likeness (QED) is 0.623. The van der Waals surface area contributed by atoms with Crippen LogP contribution in [0.3, 0.4) is 0 Å². The van der Waals surface area contributed by atoms with Gasteiger partial charge in [-0.15, -0.1) is 0 Å². The van der Waals surface area contributed by atoms with E-state index in [1.165, 1.54) is 14.0 Å². The summed E-state index contributed by atoms with van der Waals surface area (Å²) in [5.41, 5.74) is 4.74. The van der Waals surface area contributed by atoms with Crippen LogP contribution in [-0.4, -0.2) is 26.1 Å². The molecule has 0 aromatic heterocycles.